The summed E-state index contributed by atoms with van der Waals surface area (Å²) in [5.41, 5.74) is 1.01. The fourth-order valence-corrected chi connectivity index (χ4v) is 3.68. The Balaban J connectivity index is 0.000000891. The molecule has 1 fully saturated rings. The predicted octanol–water partition coefficient (Wildman–Crippen LogP) is 1.23. The fraction of sp³-hybridized carbons (Fsp3) is 0.600. The maximum absolute atomic E-state index is 12.5. The van der Waals surface area contributed by atoms with Crippen molar-refractivity contribution >= 4 is 29.7 Å². The minimum atomic E-state index is -1.26. The highest BCUT2D eigenvalue weighted by molar-refractivity contribution is 7.11. The molecule has 0 saturated carbocycles. The largest absolute Gasteiger partial charge is 0.483 e. The smallest absolute Gasteiger partial charge is 0.314 e. The van der Waals surface area contributed by atoms with Gasteiger partial charge in [-0.25, -0.2) is 4.98 Å². The zero-order valence-corrected chi connectivity index (χ0v) is 14.5. The lowest BCUT2D eigenvalue weighted by molar-refractivity contribution is -0.162. The molecule has 8 nitrogen and oxygen atoms in total. The number of aryl methyl sites for hydroxylation is 1. The normalized spacial score (nSPS) is 23.1. The fourth-order valence-electron chi connectivity index (χ4n) is 2.91. The van der Waals surface area contributed by atoms with Crippen molar-refractivity contribution in [2.45, 2.75) is 39.2 Å². The van der Waals surface area contributed by atoms with Gasteiger partial charge in [0.2, 0.25) is 0 Å². The first-order valence-corrected chi connectivity index (χ1v) is 8.40. The van der Waals surface area contributed by atoms with Gasteiger partial charge in [-0.3, -0.25) is 14.4 Å². The quantitative estimate of drug-likeness (QED) is 0.691. The number of carbonyl (C=O) groups is 3. The van der Waals surface area contributed by atoms with Gasteiger partial charge >= 0.3 is 5.97 Å². The van der Waals surface area contributed by atoms with Crippen LogP contribution >= 0.6 is 11.3 Å². The van der Waals surface area contributed by atoms with E-state index in [1.807, 2.05) is 6.92 Å². The van der Waals surface area contributed by atoms with Crippen LogP contribution in [-0.2, 0) is 9.59 Å². The van der Waals surface area contributed by atoms with Crippen LogP contribution in [0.15, 0.2) is 5.51 Å². The predicted molar refractivity (Wildman–Crippen MR) is 87.0 cm³/mol. The van der Waals surface area contributed by atoms with Crippen LogP contribution < -0.4 is 0 Å². The van der Waals surface area contributed by atoms with Gasteiger partial charge in [0.05, 0.1) is 17.3 Å². The van der Waals surface area contributed by atoms with Crippen LogP contribution in [0.3, 0.4) is 0 Å². The topological polar surface area (TPSA) is 128 Å². The Labute approximate surface area is 143 Å². The van der Waals surface area contributed by atoms with Crippen molar-refractivity contribution in [2.24, 2.45) is 5.41 Å². The molecule has 0 spiro atoms. The Bertz CT molecular complexity index is 590. The minimum absolute atomic E-state index is 0.0491. The molecule has 1 amide bonds. The Hall–Kier alpha value is -2.00. The molecule has 134 valence electrons. The molecular weight excluding hydrogens is 336 g/mol. The highest BCUT2D eigenvalue weighted by atomic mass is 32.1. The number of rotatable bonds is 4. The molecule has 1 aromatic rings. The SMILES string of the molecule is CCC[C@@]1(C(=O)O)CN(C(=O)c2scnc2C)CC[C@@H]1O.O=CO. The van der Waals surface area contributed by atoms with E-state index in [2.05, 4.69) is 4.98 Å². The first-order valence-electron chi connectivity index (χ1n) is 7.52. The zero-order chi connectivity index (χ0) is 18.3. The van der Waals surface area contributed by atoms with E-state index in [1.54, 1.807) is 12.4 Å². The molecule has 24 heavy (non-hydrogen) atoms. The molecule has 0 radical (unpaired) electrons. The van der Waals surface area contributed by atoms with Gasteiger partial charge in [0.25, 0.3) is 12.4 Å². The van der Waals surface area contributed by atoms with E-state index in [9.17, 15) is 19.8 Å². The molecule has 2 heterocycles. The van der Waals surface area contributed by atoms with Crippen LogP contribution in [0.1, 0.15) is 41.6 Å². The number of aliphatic hydroxyl groups excluding tert-OH is 1. The van der Waals surface area contributed by atoms with E-state index in [-0.39, 0.29) is 25.3 Å². The Kier molecular flexibility index (Phi) is 7.30. The molecule has 0 aliphatic carbocycles. The zero-order valence-electron chi connectivity index (χ0n) is 13.6. The summed E-state index contributed by atoms with van der Waals surface area (Å²) in [7, 11) is 0. The van der Waals surface area contributed by atoms with E-state index in [1.165, 1.54) is 16.2 Å². The van der Waals surface area contributed by atoms with Crippen molar-refractivity contribution in [3.8, 4) is 0 Å². The lowest BCUT2D eigenvalue weighted by Crippen LogP contribution is -2.57. The molecule has 1 aromatic heterocycles. The first-order chi connectivity index (χ1) is 11.3. The van der Waals surface area contributed by atoms with Crippen LogP contribution in [0, 0.1) is 12.3 Å². The van der Waals surface area contributed by atoms with Gasteiger partial charge in [0.15, 0.2) is 0 Å². The van der Waals surface area contributed by atoms with Crippen LogP contribution in [0.4, 0.5) is 0 Å². The number of carboxylic acids is 1. The molecular formula is C15H22N2O6S. The van der Waals surface area contributed by atoms with E-state index in [0.29, 0.717) is 30.0 Å². The summed E-state index contributed by atoms with van der Waals surface area (Å²) in [5, 5.41) is 26.6. The summed E-state index contributed by atoms with van der Waals surface area (Å²) in [6.45, 7) is 3.81. The summed E-state index contributed by atoms with van der Waals surface area (Å²) in [4.78, 5) is 38.7. The van der Waals surface area contributed by atoms with Crippen LogP contribution in [-0.4, -0.2) is 62.7 Å². The Morgan fingerprint density at radius 3 is 2.62 bits per heavy atom. The number of aliphatic hydroxyl groups is 1. The minimum Gasteiger partial charge on any atom is -0.483 e. The third-order valence-electron chi connectivity index (χ3n) is 4.13. The van der Waals surface area contributed by atoms with Gasteiger partial charge < -0.3 is 20.2 Å². The van der Waals surface area contributed by atoms with E-state index in [4.69, 9.17) is 9.90 Å². The molecule has 0 aromatic carbocycles. The third kappa shape index (κ3) is 4.09. The summed E-state index contributed by atoms with van der Waals surface area (Å²) in [6.07, 6.45) is 0.372. The monoisotopic (exact) mass is 358 g/mol. The van der Waals surface area contributed by atoms with E-state index >= 15 is 0 Å². The Morgan fingerprint density at radius 1 is 1.54 bits per heavy atom. The van der Waals surface area contributed by atoms with Gasteiger partial charge in [0, 0.05) is 13.1 Å². The van der Waals surface area contributed by atoms with Crippen molar-refractivity contribution in [1.82, 2.24) is 9.88 Å². The number of aliphatic carboxylic acids is 1. The summed E-state index contributed by atoms with van der Waals surface area (Å²) in [5.74, 6) is -1.22. The Morgan fingerprint density at radius 2 is 2.17 bits per heavy atom. The van der Waals surface area contributed by atoms with E-state index < -0.39 is 17.5 Å². The molecule has 3 N–H and O–H groups in total. The van der Waals surface area contributed by atoms with Crippen molar-refractivity contribution in [2.75, 3.05) is 13.1 Å². The number of amides is 1. The highest BCUT2D eigenvalue weighted by Gasteiger charge is 2.49. The van der Waals surface area contributed by atoms with Gasteiger partial charge in [-0.2, -0.15) is 0 Å². The number of carbonyl (C=O) groups excluding carboxylic acids is 1. The van der Waals surface area contributed by atoms with Crippen LogP contribution in [0.5, 0.6) is 0 Å². The molecule has 0 bridgehead atoms. The molecule has 2 atom stereocenters. The average molecular weight is 358 g/mol. The number of aromatic nitrogens is 1. The second-order valence-corrected chi connectivity index (χ2v) is 6.47. The second kappa shape index (κ2) is 8.74. The molecule has 2 rings (SSSR count). The lowest BCUT2D eigenvalue weighted by Gasteiger charge is -2.43. The van der Waals surface area contributed by atoms with Crippen molar-refractivity contribution < 1.29 is 29.7 Å². The first kappa shape index (κ1) is 20.0. The number of likely N-dealkylation sites (tertiary alicyclic amines) is 1. The summed E-state index contributed by atoms with van der Waals surface area (Å²) < 4.78 is 0. The van der Waals surface area contributed by atoms with Crippen LogP contribution in [0.2, 0.25) is 0 Å². The maximum Gasteiger partial charge on any atom is 0.314 e. The van der Waals surface area contributed by atoms with Gasteiger partial charge in [-0.05, 0) is 19.8 Å². The second-order valence-electron chi connectivity index (χ2n) is 5.61. The van der Waals surface area contributed by atoms with Crippen molar-refractivity contribution in [1.29, 1.82) is 0 Å². The maximum atomic E-state index is 12.5. The molecule has 0 unspecified atom stereocenters. The summed E-state index contributed by atoms with van der Waals surface area (Å²) in [6, 6.07) is 0. The van der Waals surface area contributed by atoms with Gasteiger partial charge in [-0.15, -0.1) is 11.3 Å². The van der Waals surface area contributed by atoms with Gasteiger partial charge in [0.1, 0.15) is 10.3 Å². The number of thiazole rings is 1. The van der Waals surface area contributed by atoms with Crippen molar-refractivity contribution in [3.63, 3.8) is 0 Å². The molecule has 1 saturated heterocycles. The number of piperidine rings is 1. The molecule has 1 aliphatic heterocycles. The lowest BCUT2D eigenvalue weighted by atomic mass is 9.74. The van der Waals surface area contributed by atoms with Gasteiger partial charge in [-0.1, -0.05) is 13.3 Å². The molecule has 9 heteroatoms. The number of hydrogen-bond acceptors (Lipinski definition) is 6. The number of carboxylic acid groups (broad SMARTS) is 2. The highest BCUT2D eigenvalue weighted by Crippen LogP contribution is 2.36. The standard InChI is InChI=1S/C14H20N2O4S.CH2O2/c1-3-5-14(13(19)20)7-16(6-4-10(14)17)12(18)11-9(2)15-8-21-11;2-1-3/h8,10,17H,3-7H2,1-2H3,(H,19,20);1H,(H,2,3)/t10-,14+;/m0./s1. The average Bonchev–Trinajstić information content (AvgIpc) is 2.95. The van der Waals surface area contributed by atoms with Crippen LogP contribution in [0.25, 0.3) is 0 Å². The number of hydrogen-bond donors (Lipinski definition) is 3. The third-order valence-corrected chi connectivity index (χ3v) is 5.05. The van der Waals surface area contributed by atoms with Crippen molar-refractivity contribution in [3.05, 3.63) is 16.1 Å². The summed E-state index contributed by atoms with van der Waals surface area (Å²) >= 11 is 1.26. The number of nitrogens with zero attached hydrogens (tertiary/aromatic N) is 2. The molecule has 1 aliphatic rings. The van der Waals surface area contributed by atoms with E-state index in [0.717, 1.165) is 0 Å².